The van der Waals surface area contributed by atoms with Crippen molar-refractivity contribution in [3.8, 4) is 0 Å². The van der Waals surface area contributed by atoms with E-state index in [1.165, 1.54) is 14.2 Å². The van der Waals surface area contributed by atoms with E-state index in [4.69, 9.17) is 4.74 Å². The number of esters is 1. The number of aliphatic hydroxyl groups is 1. The maximum absolute atomic E-state index is 12.4. The number of rotatable bonds is 7. The number of hydrogen-bond acceptors (Lipinski definition) is 5. The maximum atomic E-state index is 12.4. The average Bonchev–Trinajstić information content (AvgIpc) is 2.64. The monoisotopic (exact) mass is 298 g/mol. The number of unbranched alkanes of at least 4 members (excludes halogenated alkanes) is 1. The Hall–Kier alpha value is -1.20. The number of ether oxygens (including phenoxy) is 2. The lowest BCUT2D eigenvalue weighted by atomic mass is 9.77. The van der Waals surface area contributed by atoms with Crippen molar-refractivity contribution in [3.63, 3.8) is 0 Å². The summed E-state index contributed by atoms with van der Waals surface area (Å²) in [4.78, 5) is 24.0. The van der Waals surface area contributed by atoms with E-state index in [9.17, 15) is 14.7 Å². The Labute approximate surface area is 126 Å². The predicted molar refractivity (Wildman–Crippen MR) is 78.8 cm³/mol. The highest BCUT2D eigenvalue weighted by molar-refractivity contribution is 6.03. The van der Waals surface area contributed by atoms with Crippen LogP contribution in [0.2, 0.25) is 0 Å². The van der Waals surface area contributed by atoms with Gasteiger partial charge in [-0.15, -0.1) is 0 Å². The largest absolute Gasteiger partial charge is 0.469 e. The molecule has 1 aliphatic carbocycles. The standard InChI is InChI=1S/C16H26O5/c1-6-7-8-13(20-4)16(19)11(3)10(2)15(18)12(16)9-14(17)21-5/h12-13,19H,6-9H2,1-5H3/t12-,13?,16-/m0/s1. The van der Waals surface area contributed by atoms with Crippen LogP contribution in [0.1, 0.15) is 46.5 Å². The van der Waals surface area contributed by atoms with Crippen molar-refractivity contribution >= 4 is 11.8 Å². The predicted octanol–water partition coefficient (Wildman–Crippen LogP) is 2.02. The van der Waals surface area contributed by atoms with Crippen molar-refractivity contribution in [2.24, 2.45) is 5.92 Å². The van der Waals surface area contributed by atoms with E-state index in [0.29, 0.717) is 17.6 Å². The lowest BCUT2D eigenvalue weighted by molar-refractivity contribution is -0.152. The SMILES string of the molecule is CCCCC(OC)[C@]1(O)C(C)=C(C)C(=O)[C@@H]1CC(=O)OC. The Morgan fingerprint density at radius 3 is 2.48 bits per heavy atom. The Balaban J connectivity index is 3.16. The summed E-state index contributed by atoms with van der Waals surface area (Å²) in [5.41, 5.74) is -0.312. The molecule has 0 amide bonds. The van der Waals surface area contributed by atoms with Gasteiger partial charge in [0.15, 0.2) is 5.78 Å². The van der Waals surface area contributed by atoms with E-state index in [0.717, 1.165) is 12.8 Å². The molecule has 0 saturated carbocycles. The zero-order valence-corrected chi connectivity index (χ0v) is 13.6. The fourth-order valence-electron chi connectivity index (χ4n) is 3.08. The molecule has 21 heavy (non-hydrogen) atoms. The van der Waals surface area contributed by atoms with E-state index >= 15 is 0 Å². The number of carbonyl (C=O) groups is 2. The molecule has 1 aliphatic rings. The first kappa shape index (κ1) is 17.9. The summed E-state index contributed by atoms with van der Waals surface area (Å²) < 4.78 is 10.1. The zero-order valence-electron chi connectivity index (χ0n) is 13.6. The molecule has 5 nitrogen and oxygen atoms in total. The molecule has 0 aromatic rings. The number of carbonyl (C=O) groups excluding carboxylic acids is 2. The highest BCUT2D eigenvalue weighted by atomic mass is 16.5. The number of allylic oxidation sites excluding steroid dienone is 1. The molecule has 0 bridgehead atoms. The molecule has 5 heteroatoms. The minimum atomic E-state index is -1.43. The summed E-state index contributed by atoms with van der Waals surface area (Å²) in [5, 5.41) is 11.2. The summed E-state index contributed by atoms with van der Waals surface area (Å²) in [7, 11) is 2.80. The van der Waals surface area contributed by atoms with Crippen LogP contribution in [0.25, 0.3) is 0 Å². The van der Waals surface area contributed by atoms with Gasteiger partial charge in [0.25, 0.3) is 0 Å². The van der Waals surface area contributed by atoms with Crippen molar-refractivity contribution in [1.82, 2.24) is 0 Å². The minimum Gasteiger partial charge on any atom is -0.469 e. The first-order valence-electron chi connectivity index (χ1n) is 7.38. The van der Waals surface area contributed by atoms with Gasteiger partial charge >= 0.3 is 5.97 Å². The maximum Gasteiger partial charge on any atom is 0.306 e. The smallest absolute Gasteiger partial charge is 0.306 e. The molecule has 0 spiro atoms. The number of ketones is 1. The lowest BCUT2D eigenvalue weighted by Crippen LogP contribution is -2.50. The van der Waals surface area contributed by atoms with Gasteiger partial charge in [0, 0.05) is 7.11 Å². The van der Waals surface area contributed by atoms with Gasteiger partial charge in [-0.05, 0) is 31.4 Å². The fraction of sp³-hybridized carbons (Fsp3) is 0.750. The molecule has 0 heterocycles. The van der Waals surface area contributed by atoms with E-state index in [1.54, 1.807) is 13.8 Å². The van der Waals surface area contributed by atoms with Gasteiger partial charge in [0.2, 0.25) is 0 Å². The van der Waals surface area contributed by atoms with Gasteiger partial charge in [-0.25, -0.2) is 0 Å². The summed E-state index contributed by atoms with van der Waals surface area (Å²) in [6.07, 6.45) is 1.85. The van der Waals surface area contributed by atoms with Crippen LogP contribution in [0.5, 0.6) is 0 Å². The van der Waals surface area contributed by atoms with Crippen LogP contribution >= 0.6 is 0 Å². The molecule has 1 rings (SSSR count). The zero-order chi connectivity index (χ0) is 16.2. The van der Waals surface area contributed by atoms with Gasteiger partial charge < -0.3 is 14.6 Å². The quantitative estimate of drug-likeness (QED) is 0.728. The molecular formula is C16H26O5. The van der Waals surface area contributed by atoms with Crippen molar-refractivity contribution in [2.75, 3.05) is 14.2 Å². The highest BCUT2D eigenvalue weighted by Gasteiger charge is 2.55. The molecule has 0 radical (unpaired) electrons. The second-order valence-corrected chi connectivity index (χ2v) is 5.64. The van der Waals surface area contributed by atoms with Gasteiger partial charge in [-0.2, -0.15) is 0 Å². The van der Waals surface area contributed by atoms with Gasteiger partial charge in [0.05, 0.1) is 25.6 Å². The third-order valence-electron chi connectivity index (χ3n) is 4.57. The van der Waals surface area contributed by atoms with E-state index in [-0.39, 0.29) is 12.2 Å². The van der Waals surface area contributed by atoms with Crippen LogP contribution < -0.4 is 0 Å². The molecule has 120 valence electrons. The normalized spacial score (nSPS) is 27.1. The summed E-state index contributed by atoms with van der Waals surface area (Å²) in [6, 6.07) is 0. The van der Waals surface area contributed by atoms with E-state index in [2.05, 4.69) is 11.7 Å². The minimum absolute atomic E-state index is 0.132. The van der Waals surface area contributed by atoms with Crippen LogP contribution in [-0.2, 0) is 19.1 Å². The molecule has 1 N–H and O–H groups in total. The third-order valence-corrected chi connectivity index (χ3v) is 4.57. The van der Waals surface area contributed by atoms with Crippen molar-refractivity contribution in [2.45, 2.75) is 58.2 Å². The van der Waals surface area contributed by atoms with Crippen LogP contribution in [0.15, 0.2) is 11.1 Å². The topological polar surface area (TPSA) is 72.8 Å². The third kappa shape index (κ3) is 3.19. The molecular weight excluding hydrogens is 272 g/mol. The second-order valence-electron chi connectivity index (χ2n) is 5.64. The van der Waals surface area contributed by atoms with Crippen molar-refractivity contribution in [1.29, 1.82) is 0 Å². The van der Waals surface area contributed by atoms with Crippen LogP contribution in [0, 0.1) is 5.92 Å². The molecule has 0 saturated heterocycles. The molecule has 3 atom stereocenters. The van der Waals surface area contributed by atoms with Crippen molar-refractivity contribution < 1.29 is 24.2 Å². The van der Waals surface area contributed by atoms with Crippen LogP contribution in [-0.4, -0.2) is 42.8 Å². The molecule has 0 aromatic carbocycles. The summed E-state index contributed by atoms with van der Waals surface area (Å²) >= 11 is 0. The fourth-order valence-corrected chi connectivity index (χ4v) is 3.08. The Morgan fingerprint density at radius 2 is 2.00 bits per heavy atom. The molecule has 0 aromatic heterocycles. The molecule has 0 fully saturated rings. The number of methoxy groups -OCH3 is 2. The van der Waals surface area contributed by atoms with Crippen molar-refractivity contribution in [3.05, 3.63) is 11.1 Å². The number of Topliss-reactive ketones (excluding diaryl/α,β-unsaturated/α-hetero) is 1. The first-order chi connectivity index (χ1) is 9.84. The van der Waals surface area contributed by atoms with Crippen LogP contribution in [0.4, 0.5) is 0 Å². The van der Waals surface area contributed by atoms with Gasteiger partial charge in [-0.1, -0.05) is 19.8 Å². The van der Waals surface area contributed by atoms with E-state index in [1.807, 2.05) is 0 Å². The first-order valence-corrected chi connectivity index (χ1v) is 7.38. The molecule has 1 unspecified atom stereocenters. The lowest BCUT2D eigenvalue weighted by Gasteiger charge is -2.37. The summed E-state index contributed by atoms with van der Waals surface area (Å²) in [5.74, 6) is -1.52. The number of hydrogen-bond donors (Lipinski definition) is 1. The summed E-state index contributed by atoms with van der Waals surface area (Å²) in [6.45, 7) is 5.48. The molecule has 0 aliphatic heterocycles. The Bertz CT molecular complexity index is 440. The van der Waals surface area contributed by atoms with Crippen LogP contribution in [0.3, 0.4) is 0 Å². The van der Waals surface area contributed by atoms with Gasteiger partial charge in [0.1, 0.15) is 5.60 Å². The Kier molecular flexibility index (Phi) is 6.10. The average molecular weight is 298 g/mol. The van der Waals surface area contributed by atoms with E-state index < -0.39 is 23.6 Å². The second kappa shape index (κ2) is 7.18. The van der Waals surface area contributed by atoms with Gasteiger partial charge in [-0.3, -0.25) is 9.59 Å². The Morgan fingerprint density at radius 1 is 1.38 bits per heavy atom. The highest BCUT2D eigenvalue weighted by Crippen LogP contribution is 2.44.